The predicted molar refractivity (Wildman–Crippen MR) is 124 cm³/mol. The van der Waals surface area contributed by atoms with E-state index in [0.717, 1.165) is 65.3 Å². The van der Waals surface area contributed by atoms with Crippen LogP contribution in [0.5, 0.6) is 5.75 Å². The zero-order valence-electron chi connectivity index (χ0n) is 18.2. The van der Waals surface area contributed by atoms with Crippen molar-refractivity contribution < 1.29 is 18.7 Å². The van der Waals surface area contributed by atoms with Crippen LogP contribution in [0.3, 0.4) is 0 Å². The minimum atomic E-state index is -0.178. The molecular weight excluding hydrogens is 392 g/mol. The summed E-state index contributed by atoms with van der Waals surface area (Å²) in [6, 6.07) is 11.8. The van der Waals surface area contributed by atoms with E-state index in [1.54, 1.807) is 12.3 Å². The maximum Gasteiger partial charge on any atom is 0.248 e. The van der Waals surface area contributed by atoms with Gasteiger partial charge in [-0.2, -0.15) is 0 Å². The molecule has 2 heterocycles. The zero-order valence-corrected chi connectivity index (χ0v) is 18.2. The van der Waals surface area contributed by atoms with Gasteiger partial charge in [0.1, 0.15) is 11.3 Å². The maximum atomic E-state index is 12.7. The van der Waals surface area contributed by atoms with Gasteiger partial charge in [0.2, 0.25) is 5.91 Å². The van der Waals surface area contributed by atoms with Crippen molar-refractivity contribution in [1.82, 2.24) is 0 Å². The van der Waals surface area contributed by atoms with Crippen molar-refractivity contribution in [2.45, 2.75) is 20.8 Å². The van der Waals surface area contributed by atoms with Crippen LogP contribution in [0.1, 0.15) is 25.0 Å². The number of carbonyl (C=O) groups excluding carboxylic acids is 1. The minimum absolute atomic E-state index is 0.178. The summed E-state index contributed by atoms with van der Waals surface area (Å²) in [4.78, 5) is 14.9. The Labute approximate surface area is 182 Å². The molecule has 0 spiro atoms. The first-order chi connectivity index (χ1) is 15.0. The molecule has 31 heavy (non-hydrogen) atoms. The lowest BCUT2D eigenvalue weighted by atomic mass is 10.0. The third-order valence-corrected chi connectivity index (χ3v) is 5.45. The van der Waals surface area contributed by atoms with Gasteiger partial charge in [-0.1, -0.05) is 0 Å². The molecule has 1 aliphatic rings. The van der Waals surface area contributed by atoms with Gasteiger partial charge in [0.15, 0.2) is 0 Å². The Morgan fingerprint density at radius 1 is 1.19 bits per heavy atom. The normalized spacial score (nSPS) is 14.7. The van der Waals surface area contributed by atoms with Gasteiger partial charge in [0.05, 0.1) is 26.1 Å². The summed E-state index contributed by atoms with van der Waals surface area (Å²) >= 11 is 0. The maximum absolute atomic E-state index is 12.7. The summed E-state index contributed by atoms with van der Waals surface area (Å²) in [5.74, 6) is 0.531. The largest absolute Gasteiger partial charge is 0.493 e. The molecule has 162 valence electrons. The molecule has 6 nitrogen and oxygen atoms in total. The van der Waals surface area contributed by atoms with E-state index in [9.17, 15) is 4.79 Å². The second-order valence-corrected chi connectivity index (χ2v) is 7.66. The number of benzene rings is 2. The SMILES string of the molecule is CCOc1cc2occ(C)c2cc1/C(C)=C/C(=O)Nc1ccc(N2CCOCC2)cc1. The van der Waals surface area contributed by atoms with Crippen molar-refractivity contribution in [3.63, 3.8) is 0 Å². The molecule has 0 bridgehead atoms. The van der Waals surface area contributed by atoms with Gasteiger partial charge in [0.25, 0.3) is 0 Å². The summed E-state index contributed by atoms with van der Waals surface area (Å²) in [7, 11) is 0. The summed E-state index contributed by atoms with van der Waals surface area (Å²) < 4.78 is 16.8. The first-order valence-electron chi connectivity index (χ1n) is 10.6. The van der Waals surface area contributed by atoms with Crippen LogP contribution in [-0.2, 0) is 9.53 Å². The molecule has 0 radical (unpaired) electrons. The van der Waals surface area contributed by atoms with Gasteiger partial charge in [-0.15, -0.1) is 0 Å². The molecule has 1 amide bonds. The number of amides is 1. The fourth-order valence-electron chi connectivity index (χ4n) is 3.80. The monoisotopic (exact) mass is 420 g/mol. The fourth-order valence-corrected chi connectivity index (χ4v) is 3.80. The molecule has 1 aliphatic heterocycles. The smallest absolute Gasteiger partial charge is 0.248 e. The molecule has 3 aromatic rings. The summed E-state index contributed by atoms with van der Waals surface area (Å²) in [6.45, 7) is 9.66. The molecule has 2 aromatic carbocycles. The molecule has 1 saturated heterocycles. The standard InChI is InChI=1S/C25H28N2O4/c1-4-30-23-15-24-22(18(3)16-31-24)14-21(23)17(2)13-25(28)26-19-5-7-20(8-6-19)27-9-11-29-12-10-27/h5-8,13-16H,4,9-12H2,1-3H3,(H,26,28)/b17-13+. The lowest BCUT2D eigenvalue weighted by Gasteiger charge is -2.28. The number of rotatable bonds is 6. The lowest BCUT2D eigenvalue weighted by Crippen LogP contribution is -2.36. The molecule has 0 aliphatic carbocycles. The Morgan fingerprint density at radius 3 is 2.65 bits per heavy atom. The van der Waals surface area contributed by atoms with E-state index in [1.165, 1.54) is 0 Å². The van der Waals surface area contributed by atoms with E-state index < -0.39 is 0 Å². The topological polar surface area (TPSA) is 63.9 Å². The van der Waals surface area contributed by atoms with Crippen LogP contribution >= 0.6 is 0 Å². The van der Waals surface area contributed by atoms with Crippen LogP contribution in [0.2, 0.25) is 0 Å². The van der Waals surface area contributed by atoms with Crippen LogP contribution in [0.25, 0.3) is 16.5 Å². The number of hydrogen-bond acceptors (Lipinski definition) is 5. The van der Waals surface area contributed by atoms with Gasteiger partial charge in [-0.05, 0) is 62.2 Å². The molecule has 0 unspecified atom stereocenters. The molecular formula is C25H28N2O4. The van der Waals surface area contributed by atoms with Crippen molar-refractivity contribution in [3.8, 4) is 5.75 Å². The molecule has 4 rings (SSSR count). The summed E-state index contributed by atoms with van der Waals surface area (Å²) in [5.41, 5.74) is 5.44. The number of morpholine rings is 1. The Balaban J connectivity index is 1.51. The van der Waals surface area contributed by atoms with Crippen LogP contribution < -0.4 is 15.0 Å². The average molecular weight is 421 g/mol. The number of aryl methyl sites for hydroxylation is 1. The Morgan fingerprint density at radius 2 is 1.94 bits per heavy atom. The van der Waals surface area contributed by atoms with E-state index in [2.05, 4.69) is 10.2 Å². The van der Waals surface area contributed by atoms with Crippen LogP contribution in [0.15, 0.2) is 53.2 Å². The van der Waals surface area contributed by atoms with Gasteiger partial charge in [-0.3, -0.25) is 4.79 Å². The fraction of sp³-hybridized carbons (Fsp3) is 0.320. The first kappa shape index (κ1) is 21.0. The highest BCUT2D eigenvalue weighted by Gasteiger charge is 2.14. The highest BCUT2D eigenvalue weighted by molar-refractivity contribution is 6.04. The van der Waals surface area contributed by atoms with E-state index in [-0.39, 0.29) is 5.91 Å². The molecule has 1 N–H and O–H groups in total. The number of furan rings is 1. The number of nitrogens with zero attached hydrogens (tertiary/aromatic N) is 1. The Bertz CT molecular complexity index is 1090. The average Bonchev–Trinajstić information content (AvgIpc) is 3.14. The van der Waals surface area contributed by atoms with E-state index in [4.69, 9.17) is 13.9 Å². The lowest BCUT2D eigenvalue weighted by molar-refractivity contribution is -0.111. The van der Waals surface area contributed by atoms with Crippen molar-refractivity contribution in [2.75, 3.05) is 43.1 Å². The number of anilines is 2. The van der Waals surface area contributed by atoms with E-state index >= 15 is 0 Å². The number of fused-ring (bicyclic) bond motifs is 1. The molecule has 1 fully saturated rings. The number of allylic oxidation sites excluding steroid dienone is 1. The number of carbonyl (C=O) groups is 1. The molecule has 0 atom stereocenters. The number of hydrogen-bond donors (Lipinski definition) is 1. The summed E-state index contributed by atoms with van der Waals surface area (Å²) in [5, 5.41) is 3.97. The predicted octanol–water partition coefficient (Wildman–Crippen LogP) is 5.02. The number of nitrogens with one attached hydrogen (secondary N) is 1. The van der Waals surface area contributed by atoms with Crippen molar-refractivity contribution >= 4 is 33.8 Å². The van der Waals surface area contributed by atoms with Gasteiger partial charge >= 0.3 is 0 Å². The third-order valence-electron chi connectivity index (χ3n) is 5.45. The van der Waals surface area contributed by atoms with Crippen LogP contribution in [-0.4, -0.2) is 38.8 Å². The zero-order chi connectivity index (χ0) is 21.8. The second-order valence-electron chi connectivity index (χ2n) is 7.66. The quantitative estimate of drug-likeness (QED) is 0.568. The van der Waals surface area contributed by atoms with Gasteiger partial charge in [-0.25, -0.2) is 0 Å². The molecule has 1 aromatic heterocycles. The Kier molecular flexibility index (Phi) is 6.28. The highest BCUT2D eigenvalue weighted by atomic mass is 16.5. The molecule has 6 heteroatoms. The Hall–Kier alpha value is -3.25. The van der Waals surface area contributed by atoms with Crippen molar-refractivity contribution in [3.05, 3.63) is 59.9 Å². The first-order valence-corrected chi connectivity index (χ1v) is 10.6. The van der Waals surface area contributed by atoms with E-state index in [1.807, 2.05) is 57.2 Å². The van der Waals surface area contributed by atoms with Gasteiger partial charge in [0, 0.05) is 47.6 Å². The van der Waals surface area contributed by atoms with Gasteiger partial charge < -0.3 is 24.1 Å². The third kappa shape index (κ3) is 4.75. The highest BCUT2D eigenvalue weighted by Crippen LogP contribution is 2.33. The second kappa shape index (κ2) is 9.27. The molecule has 0 saturated carbocycles. The summed E-state index contributed by atoms with van der Waals surface area (Å²) in [6.07, 6.45) is 3.34. The van der Waals surface area contributed by atoms with Crippen LogP contribution in [0, 0.1) is 6.92 Å². The van der Waals surface area contributed by atoms with Crippen LogP contribution in [0.4, 0.5) is 11.4 Å². The van der Waals surface area contributed by atoms with Crippen molar-refractivity contribution in [2.24, 2.45) is 0 Å². The van der Waals surface area contributed by atoms with E-state index in [0.29, 0.717) is 12.4 Å². The number of ether oxygens (including phenoxy) is 2. The minimum Gasteiger partial charge on any atom is -0.493 e. The van der Waals surface area contributed by atoms with Crippen molar-refractivity contribution in [1.29, 1.82) is 0 Å².